The number of hydrogen-bond acceptors (Lipinski definition) is 3. The summed E-state index contributed by atoms with van der Waals surface area (Å²) in [7, 11) is 0. The SMILES string of the molecule is CC(=O)OCc1cc(O)c(Cc2ccc(C)cc2)c(F)c1. The number of carbonyl (C=O) groups excluding carboxylic acids is 1. The van der Waals surface area contributed by atoms with Crippen LogP contribution in [0.15, 0.2) is 36.4 Å². The fraction of sp³-hybridized carbons (Fsp3) is 0.235. The van der Waals surface area contributed by atoms with E-state index in [0.717, 1.165) is 11.1 Å². The number of hydrogen-bond donors (Lipinski definition) is 1. The maximum Gasteiger partial charge on any atom is 0.302 e. The highest BCUT2D eigenvalue weighted by molar-refractivity contribution is 5.65. The van der Waals surface area contributed by atoms with Gasteiger partial charge in [0.15, 0.2) is 0 Å². The molecular formula is C17H17FO3. The molecule has 0 aliphatic rings. The lowest BCUT2D eigenvalue weighted by molar-refractivity contribution is -0.142. The van der Waals surface area contributed by atoms with E-state index in [2.05, 4.69) is 0 Å². The maximum atomic E-state index is 14.1. The van der Waals surface area contributed by atoms with Gasteiger partial charge in [0, 0.05) is 18.9 Å². The van der Waals surface area contributed by atoms with Crippen LogP contribution in [0.25, 0.3) is 0 Å². The summed E-state index contributed by atoms with van der Waals surface area (Å²) < 4.78 is 18.9. The molecule has 21 heavy (non-hydrogen) atoms. The third-order valence-electron chi connectivity index (χ3n) is 3.18. The number of ether oxygens (including phenoxy) is 1. The van der Waals surface area contributed by atoms with Gasteiger partial charge in [0.05, 0.1) is 0 Å². The van der Waals surface area contributed by atoms with Crippen molar-refractivity contribution in [3.63, 3.8) is 0 Å². The fourth-order valence-corrected chi connectivity index (χ4v) is 2.03. The summed E-state index contributed by atoms with van der Waals surface area (Å²) in [5, 5.41) is 9.97. The Kier molecular flexibility index (Phi) is 4.58. The zero-order chi connectivity index (χ0) is 15.4. The number of halogens is 1. The second-order valence-electron chi connectivity index (χ2n) is 5.02. The smallest absolute Gasteiger partial charge is 0.302 e. The van der Waals surface area contributed by atoms with E-state index in [1.165, 1.54) is 19.1 Å². The first-order valence-electron chi connectivity index (χ1n) is 6.65. The van der Waals surface area contributed by atoms with E-state index in [1.54, 1.807) is 0 Å². The van der Waals surface area contributed by atoms with Crippen molar-refractivity contribution in [3.8, 4) is 5.75 Å². The number of benzene rings is 2. The molecule has 2 aromatic carbocycles. The van der Waals surface area contributed by atoms with E-state index in [9.17, 15) is 14.3 Å². The number of aryl methyl sites for hydroxylation is 1. The van der Waals surface area contributed by atoms with Gasteiger partial charge in [0.1, 0.15) is 18.2 Å². The summed E-state index contributed by atoms with van der Waals surface area (Å²) >= 11 is 0. The Balaban J connectivity index is 2.20. The topological polar surface area (TPSA) is 46.5 Å². The molecular weight excluding hydrogens is 271 g/mol. The van der Waals surface area contributed by atoms with E-state index in [1.807, 2.05) is 31.2 Å². The van der Waals surface area contributed by atoms with Crippen LogP contribution in [-0.4, -0.2) is 11.1 Å². The van der Waals surface area contributed by atoms with Gasteiger partial charge in [-0.25, -0.2) is 4.39 Å². The van der Waals surface area contributed by atoms with Gasteiger partial charge >= 0.3 is 5.97 Å². The standard InChI is InChI=1S/C17H17FO3/c1-11-3-5-13(6-4-11)7-15-16(18)8-14(9-17(15)20)10-21-12(2)19/h3-6,8-9,20H,7,10H2,1-2H3. The second kappa shape index (κ2) is 6.39. The van der Waals surface area contributed by atoms with Crippen molar-refractivity contribution in [2.75, 3.05) is 0 Å². The Morgan fingerprint density at radius 3 is 2.43 bits per heavy atom. The average Bonchev–Trinajstić information content (AvgIpc) is 2.42. The quantitative estimate of drug-likeness (QED) is 0.876. The lowest BCUT2D eigenvalue weighted by Gasteiger charge is -2.10. The zero-order valence-corrected chi connectivity index (χ0v) is 12.0. The molecule has 3 nitrogen and oxygen atoms in total. The molecule has 0 aliphatic carbocycles. The molecule has 0 aromatic heterocycles. The van der Waals surface area contributed by atoms with Crippen molar-refractivity contribution in [1.29, 1.82) is 0 Å². The first kappa shape index (κ1) is 15.0. The molecule has 0 aliphatic heterocycles. The van der Waals surface area contributed by atoms with Gasteiger partial charge < -0.3 is 9.84 Å². The molecule has 4 heteroatoms. The third-order valence-corrected chi connectivity index (χ3v) is 3.18. The largest absolute Gasteiger partial charge is 0.508 e. The Bertz CT molecular complexity index is 625. The monoisotopic (exact) mass is 288 g/mol. The van der Waals surface area contributed by atoms with Gasteiger partial charge in [-0.3, -0.25) is 4.79 Å². The van der Waals surface area contributed by atoms with Gasteiger partial charge in [-0.05, 0) is 30.2 Å². The van der Waals surface area contributed by atoms with E-state index >= 15 is 0 Å². The highest BCUT2D eigenvalue weighted by atomic mass is 19.1. The van der Waals surface area contributed by atoms with Gasteiger partial charge in [0.25, 0.3) is 0 Å². The Labute approximate surface area is 123 Å². The highest BCUT2D eigenvalue weighted by Crippen LogP contribution is 2.26. The Morgan fingerprint density at radius 2 is 1.86 bits per heavy atom. The molecule has 0 spiro atoms. The number of phenolic OH excluding ortho intramolecular Hbond substituents is 1. The molecule has 0 bridgehead atoms. The molecule has 110 valence electrons. The predicted molar refractivity (Wildman–Crippen MR) is 77.5 cm³/mol. The minimum absolute atomic E-state index is 0.0510. The molecule has 2 aromatic rings. The average molecular weight is 288 g/mol. The van der Waals surface area contributed by atoms with Crippen molar-refractivity contribution in [2.24, 2.45) is 0 Å². The molecule has 0 radical (unpaired) electrons. The fourth-order valence-electron chi connectivity index (χ4n) is 2.03. The van der Waals surface area contributed by atoms with Crippen LogP contribution >= 0.6 is 0 Å². The number of phenols is 1. The summed E-state index contributed by atoms with van der Waals surface area (Å²) in [4.78, 5) is 10.7. The van der Waals surface area contributed by atoms with Crippen molar-refractivity contribution >= 4 is 5.97 Å². The molecule has 1 N–H and O–H groups in total. The maximum absolute atomic E-state index is 14.1. The van der Waals surface area contributed by atoms with E-state index in [4.69, 9.17) is 4.74 Å². The first-order valence-corrected chi connectivity index (χ1v) is 6.65. The highest BCUT2D eigenvalue weighted by Gasteiger charge is 2.12. The molecule has 2 rings (SSSR count). The normalized spacial score (nSPS) is 10.4. The van der Waals surface area contributed by atoms with Crippen molar-refractivity contribution < 1.29 is 19.0 Å². The van der Waals surface area contributed by atoms with E-state index in [-0.39, 0.29) is 17.9 Å². The Hall–Kier alpha value is -2.36. The summed E-state index contributed by atoms with van der Waals surface area (Å²) in [6.45, 7) is 3.21. The second-order valence-corrected chi connectivity index (χ2v) is 5.02. The minimum Gasteiger partial charge on any atom is -0.508 e. The third kappa shape index (κ3) is 4.05. The number of aromatic hydroxyl groups is 1. The van der Waals surface area contributed by atoms with E-state index in [0.29, 0.717) is 12.0 Å². The molecule has 0 saturated carbocycles. The molecule has 0 atom stereocenters. The van der Waals surface area contributed by atoms with Crippen LogP contribution in [0.1, 0.15) is 29.2 Å². The predicted octanol–water partition coefficient (Wildman–Crippen LogP) is 3.49. The zero-order valence-electron chi connectivity index (χ0n) is 12.0. The van der Waals surface area contributed by atoms with Crippen molar-refractivity contribution in [3.05, 3.63) is 64.5 Å². The van der Waals surface area contributed by atoms with Crippen LogP contribution in [0.3, 0.4) is 0 Å². The molecule has 0 unspecified atom stereocenters. The first-order chi connectivity index (χ1) is 9.95. The van der Waals surface area contributed by atoms with Crippen LogP contribution in [0.5, 0.6) is 5.75 Å². The summed E-state index contributed by atoms with van der Waals surface area (Å²) in [6, 6.07) is 10.4. The summed E-state index contributed by atoms with van der Waals surface area (Å²) in [5.74, 6) is -1.07. The number of esters is 1. The molecule has 0 heterocycles. The lowest BCUT2D eigenvalue weighted by Crippen LogP contribution is -2.01. The van der Waals surface area contributed by atoms with Gasteiger partial charge in [-0.2, -0.15) is 0 Å². The van der Waals surface area contributed by atoms with Crippen LogP contribution in [0, 0.1) is 12.7 Å². The summed E-state index contributed by atoms with van der Waals surface area (Å²) in [5.41, 5.74) is 2.71. The Morgan fingerprint density at radius 1 is 1.19 bits per heavy atom. The molecule has 0 fully saturated rings. The van der Waals surface area contributed by atoms with Crippen LogP contribution in [0.2, 0.25) is 0 Å². The van der Waals surface area contributed by atoms with Gasteiger partial charge in [-0.1, -0.05) is 29.8 Å². The minimum atomic E-state index is -0.502. The molecule has 0 amide bonds. The van der Waals surface area contributed by atoms with Crippen molar-refractivity contribution in [1.82, 2.24) is 0 Å². The number of carbonyl (C=O) groups is 1. The lowest BCUT2D eigenvalue weighted by atomic mass is 10.0. The van der Waals surface area contributed by atoms with Gasteiger partial charge in [0.2, 0.25) is 0 Å². The van der Waals surface area contributed by atoms with Crippen LogP contribution < -0.4 is 0 Å². The van der Waals surface area contributed by atoms with E-state index < -0.39 is 11.8 Å². The van der Waals surface area contributed by atoms with Crippen molar-refractivity contribution in [2.45, 2.75) is 26.9 Å². The van der Waals surface area contributed by atoms with Crippen LogP contribution in [0.4, 0.5) is 4.39 Å². The van der Waals surface area contributed by atoms with Crippen LogP contribution in [-0.2, 0) is 22.6 Å². The van der Waals surface area contributed by atoms with Gasteiger partial charge in [-0.15, -0.1) is 0 Å². The number of rotatable bonds is 4. The summed E-state index contributed by atoms with van der Waals surface area (Å²) in [6.07, 6.45) is 0.311. The molecule has 0 saturated heterocycles.